The molecule has 0 heterocycles. The quantitative estimate of drug-likeness (QED) is 0.442. The van der Waals surface area contributed by atoms with E-state index in [2.05, 4.69) is 0 Å². The van der Waals surface area contributed by atoms with Gasteiger partial charge >= 0.3 is 0 Å². The minimum absolute atomic E-state index is 0. The Hall–Kier alpha value is 3.92. The summed E-state index contributed by atoms with van der Waals surface area (Å²) in [7, 11) is 0. The van der Waals surface area contributed by atoms with E-state index in [1.807, 2.05) is 0 Å². The average molecular weight is 409 g/mol. The van der Waals surface area contributed by atoms with Gasteiger partial charge in [-0.3, -0.25) is 0 Å². The van der Waals surface area contributed by atoms with Crippen LogP contribution in [0.4, 0.5) is 0 Å². The fourth-order valence-electron chi connectivity index (χ4n) is 0. The third-order valence-electron chi connectivity index (χ3n) is 0. The Balaban J connectivity index is 0. The summed E-state index contributed by atoms with van der Waals surface area (Å²) in [5.74, 6) is 0. The molecule has 0 spiro atoms. The van der Waals surface area contributed by atoms with Gasteiger partial charge in [0.1, 0.15) is 0 Å². The van der Waals surface area contributed by atoms with Gasteiger partial charge in [-0.25, -0.2) is 0 Å². The molecule has 0 nitrogen and oxygen atoms in total. The zero-order valence-electron chi connectivity index (χ0n) is 1.17. The first-order valence-corrected chi connectivity index (χ1v) is 0. The van der Waals surface area contributed by atoms with Gasteiger partial charge in [0.2, 0.25) is 0 Å². The van der Waals surface area contributed by atoms with E-state index in [1.54, 1.807) is 0 Å². The van der Waals surface area contributed by atoms with Crippen LogP contribution in [-0.2, 0) is 25.8 Å². The number of hydrogen-bond donors (Lipinski definition) is 0. The SMILES string of the molecule is [AlH3].[Lu].[Sc].[Tb]. The van der Waals surface area contributed by atoms with E-state index in [0.717, 1.165) is 0 Å². The third-order valence-corrected chi connectivity index (χ3v) is 0. The molecule has 0 aromatic rings. The van der Waals surface area contributed by atoms with Gasteiger partial charge in [-0.05, 0) is 0 Å². The Morgan fingerprint density at radius 1 is 1.00 bits per heavy atom. The van der Waals surface area contributed by atoms with E-state index in [-0.39, 0.29) is 119 Å². The van der Waals surface area contributed by atoms with Crippen LogP contribution in [-0.4, -0.2) is 17.4 Å². The molecule has 0 rings (SSSR count). The third kappa shape index (κ3) is 9.33. The summed E-state index contributed by atoms with van der Waals surface area (Å²) in [6.07, 6.45) is 0. The van der Waals surface area contributed by atoms with Crippen LogP contribution < -0.4 is 0 Å². The summed E-state index contributed by atoms with van der Waals surface area (Å²) in [6, 6.07) is 0. The molecule has 0 aromatic heterocycles. The molecular formula is H3AlLuScTb. The summed E-state index contributed by atoms with van der Waals surface area (Å²) in [4.78, 5) is 0. The number of hydrogen-bond acceptors (Lipinski definition) is 0. The molecule has 33 valence electrons. The average Bonchev–Trinajstić information content (AvgIpc) is 0. The van der Waals surface area contributed by atoms with Gasteiger partial charge in [0.15, 0.2) is 17.4 Å². The van der Waals surface area contributed by atoms with Gasteiger partial charge in [0, 0.05) is 101 Å². The monoisotopic (exact) mass is 409 g/mol. The van der Waals surface area contributed by atoms with Crippen LogP contribution in [0.1, 0.15) is 0 Å². The first kappa shape index (κ1) is 24.7. The van der Waals surface area contributed by atoms with E-state index < -0.39 is 0 Å². The minimum Gasteiger partial charge on any atom is 0 e. The van der Waals surface area contributed by atoms with Crippen molar-refractivity contribution in [2.75, 3.05) is 0 Å². The maximum absolute atomic E-state index is 0. The van der Waals surface area contributed by atoms with Gasteiger partial charge in [-0.2, -0.15) is 0 Å². The molecule has 0 atom stereocenters. The van der Waals surface area contributed by atoms with E-state index in [0.29, 0.717) is 0 Å². The predicted octanol–water partition coefficient (Wildman–Crippen LogP) is -1.19. The van der Waals surface area contributed by atoms with Crippen molar-refractivity contribution in [3.05, 3.63) is 0 Å². The van der Waals surface area contributed by atoms with E-state index in [1.165, 1.54) is 0 Å². The van der Waals surface area contributed by atoms with Gasteiger partial charge in [0.05, 0.1) is 0 Å². The van der Waals surface area contributed by atoms with Crippen LogP contribution in [0.2, 0.25) is 0 Å². The zero-order chi connectivity index (χ0) is 0. The predicted molar refractivity (Wildman–Crippen MR) is 9.94 cm³/mol. The normalized spacial score (nSPS) is 0. The Labute approximate surface area is 115 Å². The van der Waals surface area contributed by atoms with Crippen molar-refractivity contribution in [1.82, 2.24) is 0 Å². The first-order chi connectivity index (χ1) is 0. The van der Waals surface area contributed by atoms with Crippen molar-refractivity contribution in [2.24, 2.45) is 0 Å². The van der Waals surface area contributed by atoms with Gasteiger partial charge < -0.3 is 0 Å². The fraction of sp³-hybridized carbons (Fsp3) is 0. The summed E-state index contributed by atoms with van der Waals surface area (Å²) in [5.41, 5.74) is 0. The second kappa shape index (κ2) is 15.8. The molecule has 0 saturated heterocycles. The van der Waals surface area contributed by atoms with Crippen molar-refractivity contribution >= 4 is 17.4 Å². The van der Waals surface area contributed by atoms with E-state index in [4.69, 9.17) is 0 Å². The largest absolute Gasteiger partial charge is 0.187 e. The van der Waals surface area contributed by atoms with Crippen LogP contribution in [0, 0.1) is 75.5 Å². The molecule has 0 aliphatic rings. The Morgan fingerprint density at radius 2 is 1.00 bits per heavy atom. The molecule has 3 radical (unpaired) electrons. The van der Waals surface area contributed by atoms with Crippen molar-refractivity contribution in [3.8, 4) is 0 Å². The molecule has 0 bridgehead atoms. The second-order valence-electron chi connectivity index (χ2n) is 0. The van der Waals surface area contributed by atoms with Gasteiger partial charge in [-0.1, -0.05) is 0 Å². The van der Waals surface area contributed by atoms with Crippen molar-refractivity contribution in [1.29, 1.82) is 0 Å². The standard InChI is InChI=1S/Al.Lu.Sc.Tb.3H. The van der Waals surface area contributed by atoms with Crippen LogP contribution in [0.15, 0.2) is 0 Å². The molecule has 0 aliphatic carbocycles. The van der Waals surface area contributed by atoms with E-state index >= 15 is 0 Å². The molecule has 0 unspecified atom stereocenters. The van der Waals surface area contributed by atoms with Crippen LogP contribution in [0.5, 0.6) is 0 Å². The van der Waals surface area contributed by atoms with Crippen molar-refractivity contribution < 1.29 is 101 Å². The Bertz CT molecular complexity index is 8.00. The minimum atomic E-state index is 0. The Kier molecular flexibility index (Phi) is 97.4. The summed E-state index contributed by atoms with van der Waals surface area (Å²) >= 11 is 0. The molecule has 0 amide bonds. The van der Waals surface area contributed by atoms with Gasteiger partial charge in [0.25, 0.3) is 0 Å². The topological polar surface area (TPSA) is 0 Å². The maximum Gasteiger partial charge on any atom is 0.187 e. The van der Waals surface area contributed by atoms with Crippen LogP contribution >= 0.6 is 0 Å². The molecule has 0 saturated carbocycles. The summed E-state index contributed by atoms with van der Waals surface area (Å²) < 4.78 is 0. The van der Waals surface area contributed by atoms with Crippen molar-refractivity contribution in [2.45, 2.75) is 0 Å². The molecule has 4 heavy (non-hydrogen) atoms. The van der Waals surface area contributed by atoms with Crippen molar-refractivity contribution in [3.63, 3.8) is 0 Å². The fourth-order valence-corrected chi connectivity index (χ4v) is 0. The maximum atomic E-state index is 0. The number of rotatable bonds is 0. The molecule has 0 aliphatic heterocycles. The smallest absolute Gasteiger partial charge is 0 e. The van der Waals surface area contributed by atoms with E-state index in [9.17, 15) is 0 Å². The molecule has 0 fully saturated rings. The molecule has 0 N–H and O–H groups in total. The summed E-state index contributed by atoms with van der Waals surface area (Å²) in [6.45, 7) is 0. The Morgan fingerprint density at radius 3 is 1.00 bits per heavy atom. The van der Waals surface area contributed by atoms with Crippen LogP contribution in [0.3, 0.4) is 0 Å². The molecule has 4 heteroatoms. The second-order valence-corrected chi connectivity index (χ2v) is 0. The zero-order valence-corrected chi connectivity index (χ0v) is 6.77. The summed E-state index contributed by atoms with van der Waals surface area (Å²) in [5, 5.41) is 0. The van der Waals surface area contributed by atoms with Crippen LogP contribution in [0.25, 0.3) is 0 Å². The molecular weight excluding hydrogens is 406 g/mol. The first-order valence-electron chi connectivity index (χ1n) is 0. The molecule has 0 aromatic carbocycles. The van der Waals surface area contributed by atoms with Gasteiger partial charge in [-0.15, -0.1) is 0 Å².